The van der Waals surface area contributed by atoms with Crippen molar-refractivity contribution in [3.8, 4) is 17.1 Å². The van der Waals surface area contributed by atoms with Crippen LogP contribution in [0, 0.1) is 5.92 Å². The summed E-state index contributed by atoms with van der Waals surface area (Å²) < 4.78 is 11.3. The van der Waals surface area contributed by atoms with Gasteiger partial charge in [-0.1, -0.05) is 59.2 Å². The Morgan fingerprint density at radius 2 is 1.83 bits per heavy atom. The zero-order valence-electron chi connectivity index (χ0n) is 19.8. The zero-order chi connectivity index (χ0) is 24.7. The Morgan fingerprint density at radius 3 is 2.64 bits per heavy atom. The van der Waals surface area contributed by atoms with Gasteiger partial charge < -0.3 is 14.6 Å². The van der Waals surface area contributed by atoms with E-state index in [-0.39, 0.29) is 11.8 Å². The number of nitrogens with one attached hydrogen (secondary N) is 1. The standard InChI is InChI=1S/C28H27ClN4O3/c29-25-11-5-4-10-24(25)27-31-26(36-32-27)18-33-16-6-9-21(17-33)28(34)30-22-12-14-23(15-13-22)35-19-20-7-2-1-3-8-20/h1-5,7-8,10-15,21H,6,9,16-19H2,(H,30,34). The predicted octanol–water partition coefficient (Wildman–Crippen LogP) is 5.82. The Bertz CT molecular complexity index is 1290. The van der Waals surface area contributed by atoms with E-state index in [0.717, 1.165) is 42.0 Å². The van der Waals surface area contributed by atoms with Crippen molar-refractivity contribution in [3.63, 3.8) is 0 Å². The lowest BCUT2D eigenvalue weighted by Crippen LogP contribution is -2.40. The fourth-order valence-corrected chi connectivity index (χ4v) is 4.52. The zero-order valence-corrected chi connectivity index (χ0v) is 20.5. The van der Waals surface area contributed by atoms with Crippen LogP contribution in [0.4, 0.5) is 5.69 Å². The Morgan fingerprint density at radius 1 is 1.06 bits per heavy atom. The van der Waals surface area contributed by atoms with Gasteiger partial charge in [0.05, 0.1) is 17.5 Å². The number of benzene rings is 3. The van der Waals surface area contributed by atoms with Gasteiger partial charge in [-0.25, -0.2) is 0 Å². The number of piperidine rings is 1. The van der Waals surface area contributed by atoms with E-state index in [0.29, 0.717) is 36.4 Å². The second kappa shape index (κ2) is 11.4. The second-order valence-electron chi connectivity index (χ2n) is 8.85. The molecule has 8 heteroatoms. The van der Waals surface area contributed by atoms with Crippen molar-refractivity contribution >= 4 is 23.2 Å². The molecule has 0 bridgehead atoms. The molecule has 2 heterocycles. The molecule has 1 aliphatic rings. The highest BCUT2D eigenvalue weighted by Crippen LogP contribution is 2.26. The largest absolute Gasteiger partial charge is 0.489 e. The quantitative estimate of drug-likeness (QED) is 0.327. The maximum atomic E-state index is 13.0. The minimum atomic E-state index is -0.112. The van der Waals surface area contributed by atoms with Gasteiger partial charge in [0.15, 0.2) is 0 Å². The lowest BCUT2D eigenvalue weighted by Gasteiger charge is -2.30. The third-order valence-corrected chi connectivity index (χ3v) is 6.52. The molecule has 1 aliphatic heterocycles. The smallest absolute Gasteiger partial charge is 0.241 e. The highest BCUT2D eigenvalue weighted by atomic mass is 35.5. The Labute approximate surface area is 215 Å². The summed E-state index contributed by atoms with van der Waals surface area (Å²) in [6.07, 6.45) is 1.77. The summed E-state index contributed by atoms with van der Waals surface area (Å²) in [5, 5.41) is 7.69. The van der Waals surface area contributed by atoms with E-state index in [2.05, 4.69) is 20.4 Å². The van der Waals surface area contributed by atoms with Gasteiger partial charge in [-0.15, -0.1) is 0 Å². The average Bonchev–Trinajstić information content (AvgIpc) is 3.37. The Kier molecular flexibility index (Phi) is 7.59. The molecule has 7 nitrogen and oxygen atoms in total. The molecule has 1 saturated heterocycles. The number of aromatic nitrogens is 2. The second-order valence-corrected chi connectivity index (χ2v) is 9.26. The van der Waals surface area contributed by atoms with Gasteiger partial charge in [0.25, 0.3) is 0 Å². The van der Waals surface area contributed by atoms with E-state index in [9.17, 15) is 4.79 Å². The number of halogens is 1. The Balaban J connectivity index is 1.13. The van der Waals surface area contributed by atoms with Gasteiger partial charge >= 0.3 is 0 Å². The normalized spacial score (nSPS) is 16.0. The molecule has 1 aromatic heterocycles. The molecule has 0 aliphatic carbocycles. The SMILES string of the molecule is O=C(Nc1ccc(OCc2ccccc2)cc1)C1CCCN(Cc2nc(-c3ccccc3Cl)no2)C1. The predicted molar refractivity (Wildman–Crippen MR) is 139 cm³/mol. The van der Waals surface area contributed by atoms with Crippen LogP contribution in [0.1, 0.15) is 24.3 Å². The molecular formula is C28H27ClN4O3. The number of amides is 1. The van der Waals surface area contributed by atoms with Gasteiger partial charge in [-0.05, 0) is 61.3 Å². The van der Waals surface area contributed by atoms with Gasteiger partial charge in [-0.2, -0.15) is 4.98 Å². The van der Waals surface area contributed by atoms with E-state index in [4.69, 9.17) is 20.9 Å². The molecule has 3 aromatic carbocycles. The number of nitrogens with zero attached hydrogens (tertiary/aromatic N) is 3. The fourth-order valence-electron chi connectivity index (χ4n) is 4.30. The summed E-state index contributed by atoms with van der Waals surface area (Å²) in [6.45, 7) is 2.51. The molecule has 36 heavy (non-hydrogen) atoms. The van der Waals surface area contributed by atoms with Crippen LogP contribution in [0.3, 0.4) is 0 Å². The number of likely N-dealkylation sites (tertiary alicyclic amines) is 1. The van der Waals surface area contributed by atoms with Crippen LogP contribution >= 0.6 is 11.6 Å². The average molecular weight is 503 g/mol. The number of hydrogen-bond donors (Lipinski definition) is 1. The number of rotatable bonds is 8. The Hall–Kier alpha value is -3.68. The van der Waals surface area contributed by atoms with Crippen LogP contribution in [-0.2, 0) is 17.9 Å². The van der Waals surface area contributed by atoms with Crippen molar-refractivity contribution in [2.24, 2.45) is 5.92 Å². The lowest BCUT2D eigenvalue weighted by molar-refractivity contribution is -0.121. The lowest BCUT2D eigenvalue weighted by atomic mass is 9.97. The van der Waals surface area contributed by atoms with Crippen LogP contribution in [0.25, 0.3) is 11.4 Å². The van der Waals surface area contributed by atoms with Gasteiger partial charge in [-0.3, -0.25) is 9.69 Å². The third kappa shape index (κ3) is 6.11. The highest BCUT2D eigenvalue weighted by molar-refractivity contribution is 6.33. The van der Waals surface area contributed by atoms with Crippen LogP contribution in [-0.4, -0.2) is 34.0 Å². The molecule has 5 rings (SSSR count). The first-order valence-corrected chi connectivity index (χ1v) is 12.4. The topological polar surface area (TPSA) is 80.5 Å². The van der Waals surface area contributed by atoms with E-state index in [1.165, 1.54) is 0 Å². The maximum Gasteiger partial charge on any atom is 0.241 e. The van der Waals surface area contributed by atoms with Crippen molar-refractivity contribution in [3.05, 3.63) is 95.3 Å². The molecule has 1 amide bonds. The summed E-state index contributed by atoms with van der Waals surface area (Å²) in [4.78, 5) is 19.6. The van der Waals surface area contributed by atoms with Gasteiger partial charge in [0, 0.05) is 17.8 Å². The summed E-state index contributed by atoms with van der Waals surface area (Å²) in [7, 11) is 0. The molecule has 1 atom stereocenters. The molecule has 1 unspecified atom stereocenters. The molecule has 0 radical (unpaired) electrons. The molecule has 4 aromatic rings. The molecule has 1 fully saturated rings. The number of anilines is 1. The van der Waals surface area contributed by atoms with E-state index < -0.39 is 0 Å². The van der Waals surface area contributed by atoms with E-state index >= 15 is 0 Å². The van der Waals surface area contributed by atoms with Crippen molar-refractivity contribution in [1.82, 2.24) is 15.0 Å². The number of ether oxygens (including phenoxy) is 1. The summed E-state index contributed by atoms with van der Waals surface area (Å²) in [6, 6.07) is 24.9. The number of carbonyl (C=O) groups excluding carboxylic acids is 1. The molecule has 0 spiro atoms. The van der Waals surface area contributed by atoms with Crippen LogP contribution in [0.2, 0.25) is 5.02 Å². The van der Waals surface area contributed by atoms with Crippen molar-refractivity contribution < 1.29 is 14.1 Å². The van der Waals surface area contributed by atoms with Gasteiger partial charge in [0.2, 0.25) is 17.6 Å². The number of hydrogen-bond acceptors (Lipinski definition) is 6. The summed E-state index contributed by atoms with van der Waals surface area (Å²) in [5.41, 5.74) is 2.60. The van der Waals surface area contributed by atoms with E-state index in [1.54, 1.807) is 6.07 Å². The monoisotopic (exact) mass is 502 g/mol. The third-order valence-electron chi connectivity index (χ3n) is 6.19. The van der Waals surface area contributed by atoms with Crippen LogP contribution in [0.5, 0.6) is 5.75 Å². The van der Waals surface area contributed by atoms with Crippen molar-refractivity contribution in [2.45, 2.75) is 26.0 Å². The first-order chi connectivity index (χ1) is 17.6. The molecule has 0 saturated carbocycles. The van der Waals surface area contributed by atoms with E-state index in [1.807, 2.05) is 72.8 Å². The highest BCUT2D eigenvalue weighted by Gasteiger charge is 2.27. The summed E-state index contributed by atoms with van der Waals surface area (Å²) in [5.74, 6) is 1.64. The minimum Gasteiger partial charge on any atom is -0.489 e. The summed E-state index contributed by atoms with van der Waals surface area (Å²) >= 11 is 6.25. The first-order valence-electron chi connectivity index (χ1n) is 12.0. The maximum absolute atomic E-state index is 13.0. The van der Waals surface area contributed by atoms with Crippen molar-refractivity contribution in [1.29, 1.82) is 0 Å². The fraction of sp³-hybridized carbons (Fsp3) is 0.250. The van der Waals surface area contributed by atoms with Crippen molar-refractivity contribution in [2.75, 3.05) is 18.4 Å². The van der Waals surface area contributed by atoms with Crippen LogP contribution in [0.15, 0.2) is 83.4 Å². The molecule has 1 N–H and O–H groups in total. The molecular weight excluding hydrogens is 476 g/mol. The van der Waals surface area contributed by atoms with Crippen LogP contribution < -0.4 is 10.1 Å². The number of carbonyl (C=O) groups is 1. The van der Waals surface area contributed by atoms with Gasteiger partial charge in [0.1, 0.15) is 12.4 Å². The first kappa shape index (κ1) is 24.0. The minimum absolute atomic E-state index is 0.0138. The molecule has 184 valence electrons.